The highest BCUT2D eigenvalue weighted by atomic mass is 35.5. The van der Waals surface area contributed by atoms with Gasteiger partial charge in [-0.2, -0.15) is 0 Å². The third-order valence-corrected chi connectivity index (χ3v) is 4.35. The van der Waals surface area contributed by atoms with Gasteiger partial charge in [0.25, 0.3) is 0 Å². The van der Waals surface area contributed by atoms with E-state index in [9.17, 15) is 0 Å². The average Bonchev–Trinajstić information content (AvgIpc) is 2.60. The summed E-state index contributed by atoms with van der Waals surface area (Å²) in [5, 5.41) is 3.69. The third-order valence-electron chi connectivity index (χ3n) is 3.90. The van der Waals surface area contributed by atoms with Gasteiger partial charge in [0.05, 0.1) is 0 Å². The summed E-state index contributed by atoms with van der Waals surface area (Å²) in [7, 11) is 0. The Balaban J connectivity index is 1.79. The van der Waals surface area contributed by atoms with Crippen molar-refractivity contribution in [2.75, 3.05) is 25.0 Å². The van der Waals surface area contributed by atoms with Gasteiger partial charge in [0.1, 0.15) is 0 Å². The zero-order valence-corrected chi connectivity index (χ0v) is 14.7. The molecule has 2 nitrogen and oxygen atoms in total. The van der Waals surface area contributed by atoms with Crippen LogP contribution in [-0.4, -0.2) is 29.9 Å². The van der Waals surface area contributed by atoms with Gasteiger partial charge in [0.15, 0.2) is 0 Å². The van der Waals surface area contributed by atoms with Crippen molar-refractivity contribution in [3.05, 3.63) is 66.2 Å². The summed E-state index contributed by atoms with van der Waals surface area (Å²) in [4.78, 5) is 2.46. The van der Waals surface area contributed by atoms with Gasteiger partial charge in [-0.3, -0.25) is 4.90 Å². The van der Waals surface area contributed by atoms with E-state index < -0.39 is 0 Å². The second-order valence-corrected chi connectivity index (χ2v) is 6.49. The van der Waals surface area contributed by atoms with E-state index >= 15 is 0 Å². The van der Waals surface area contributed by atoms with Crippen molar-refractivity contribution < 1.29 is 0 Å². The molecule has 0 amide bonds. The molecule has 2 aromatic rings. The Kier molecular flexibility index (Phi) is 7.99. The lowest BCUT2D eigenvalue weighted by atomic mass is 10.2. The van der Waals surface area contributed by atoms with Gasteiger partial charge < -0.3 is 5.32 Å². The third kappa shape index (κ3) is 7.06. The van der Waals surface area contributed by atoms with Crippen LogP contribution in [0, 0.1) is 0 Å². The maximum atomic E-state index is 6.38. The van der Waals surface area contributed by atoms with E-state index in [0.29, 0.717) is 0 Å². The van der Waals surface area contributed by atoms with Gasteiger partial charge >= 0.3 is 0 Å². The first-order chi connectivity index (χ1) is 11.3. The summed E-state index contributed by atoms with van der Waals surface area (Å²) in [6, 6.07) is 21.0. The summed E-state index contributed by atoms with van der Waals surface area (Å²) < 4.78 is 0. The van der Waals surface area contributed by atoms with Crippen molar-refractivity contribution in [3.8, 4) is 0 Å². The number of nitrogens with one attached hydrogen (secondary N) is 1. The molecule has 2 aromatic carbocycles. The van der Waals surface area contributed by atoms with E-state index in [1.54, 1.807) is 0 Å². The highest BCUT2D eigenvalue weighted by molar-refractivity contribution is 6.20. The molecule has 23 heavy (non-hydrogen) atoms. The minimum absolute atomic E-state index is 0.223. The fourth-order valence-electron chi connectivity index (χ4n) is 2.58. The first-order valence-electron chi connectivity index (χ1n) is 8.47. The Labute approximate surface area is 145 Å². The van der Waals surface area contributed by atoms with Crippen LogP contribution in [0.5, 0.6) is 0 Å². The van der Waals surface area contributed by atoms with Gasteiger partial charge in [-0.1, -0.05) is 55.5 Å². The van der Waals surface area contributed by atoms with Gasteiger partial charge in [0, 0.05) is 37.2 Å². The van der Waals surface area contributed by atoms with Gasteiger partial charge in [-0.25, -0.2) is 0 Å². The lowest BCUT2D eigenvalue weighted by molar-refractivity contribution is 0.262. The van der Waals surface area contributed by atoms with Crippen molar-refractivity contribution in [2.24, 2.45) is 0 Å². The van der Waals surface area contributed by atoms with E-state index in [0.717, 1.165) is 39.0 Å². The van der Waals surface area contributed by atoms with Crippen LogP contribution in [0.3, 0.4) is 0 Å². The smallest absolute Gasteiger partial charge is 0.0460 e. The quantitative estimate of drug-likeness (QED) is 0.486. The highest BCUT2D eigenvalue weighted by Crippen LogP contribution is 2.11. The molecule has 0 aliphatic carbocycles. The van der Waals surface area contributed by atoms with Crippen LogP contribution in [-0.2, 0) is 6.54 Å². The monoisotopic (exact) mass is 330 g/mol. The van der Waals surface area contributed by atoms with E-state index in [1.807, 2.05) is 6.07 Å². The number of nitrogens with zero attached hydrogens (tertiary/aromatic N) is 1. The largest absolute Gasteiger partial charge is 0.385 e. The maximum Gasteiger partial charge on any atom is 0.0460 e. The minimum Gasteiger partial charge on any atom is -0.385 e. The van der Waals surface area contributed by atoms with Gasteiger partial charge in [-0.05, 0) is 30.5 Å². The molecule has 1 atom stereocenters. The van der Waals surface area contributed by atoms with Crippen LogP contribution in [0.2, 0.25) is 0 Å². The summed E-state index contributed by atoms with van der Waals surface area (Å²) in [6.07, 6.45) is 2.12. The number of hydrogen-bond acceptors (Lipinski definition) is 2. The highest BCUT2D eigenvalue weighted by Gasteiger charge is 2.11. The van der Waals surface area contributed by atoms with Crippen LogP contribution in [0.1, 0.15) is 25.3 Å². The molecule has 0 radical (unpaired) electrons. The molecule has 0 aromatic heterocycles. The van der Waals surface area contributed by atoms with Crippen LogP contribution in [0.4, 0.5) is 5.69 Å². The number of hydrogen-bond donors (Lipinski definition) is 1. The second kappa shape index (κ2) is 10.3. The molecule has 0 aliphatic heterocycles. The van der Waals surface area contributed by atoms with Crippen molar-refractivity contribution >= 4 is 17.3 Å². The SMILES string of the molecule is CCC(Cl)CN(CCCNc1ccccc1)Cc1ccccc1. The maximum absolute atomic E-state index is 6.38. The number of alkyl halides is 1. The molecule has 3 heteroatoms. The molecule has 1 unspecified atom stereocenters. The van der Waals surface area contributed by atoms with Gasteiger partial charge in [0.2, 0.25) is 0 Å². The number of benzene rings is 2. The lowest BCUT2D eigenvalue weighted by Gasteiger charge is -2.24. The van der Waals surface area contributed by atoms with Crippen LogP contribution in [0.25, 0.3) is 0 Å². The van der Waals surface area contributed by atoms with E-state index in [-0.39, 0.29) is 5.38 Å². The first kappa shape index (κ1) is 17.8. The molecule has 0 spiro atoms. The summed E-state index contributed by atoms with van der Waals surface area (Å²) in [5.74, 6) is 0. The molecule has 0 saturated heterocycles. The van der Waals surface area contributed by atoms with Crippen molar-refractivity contribution in [2.45, 2.75) is 31.7 Å². The number of para-hydroxylation sites is 1. The van der Waals surface area contributed by atoms with Crippen LogP contribution >= 0.6 is 11.6 Å². The summed E-state index contributed by atoms with van der Waals surface area (Å²) >= 11 is 6.38. The van der Waals surface area contributed by atoms with Crippen molar-refractivity contribution in [3.63, 3.8) is 0 Å². The lowest BCUT2D eigenvalue weighted by Crippen LogP contribution is -2.31. The molecule has 2 rings (SSSR count). The predicted molar refractivity (Wildman–Crippen MR) is 101 cm³/mol. The number of halogens is 1. The molecule has 0 bridgehead atoms. The predicted octanol–water partition coefficient (Wildman–Crippen LogP) is 5.01. The summed E-state index contributed by atoms with van der Waals surface area (Å²) in [6.45, 7) is 6.09. The number of rotatable bonds is 10. The minimum atomic E-state index is 0.223. The van der Waals surface area contributed by atoms with Crippen LogP contribution in [0.15, 0.2) is 60.7 Å². The average molecular weight is 331 g/mol. The number of anilines is 1. The Morgan fingerprint density at radius 3 is 2.30 bits per heavy atom. The molecular formula is C20H27ClN2. The Bertz CT molecular complexity index is 530. The standard InChI is InChI=1S/C20H27ClN2/c1-2-19(21)17-23(16-18-10-5-3-6-11-18)15-9-14-22-20-12-7-4-8-13-20/h3-8,10-13,19,22H,2,9,14-17H2,1H3. The van der Waals surface area contributed by atoms with Crippen molar-refractivity contribution in [1.82, 2.24) is 4.90 Å². The van der Waals surface area contributed by atoms with E-state index in [4.69, 9.17) is 11.6 Å². The Morgan fingerprint density at radius 2 is 1.65 bits per heavy atom. The summed E-state index contributed by atoms with van der Waals surface area (Å²) in [5.41, 5.74) is 2.54. The second-order valence-electron chi connectivity index (χ2n) is 5.87. The normalized spacial score (nSPS) is 12.3. The zero-order chi connectivity index (χ0) is 16.3. The Morgan fingerprint density at radius 1 is 1.00 bits per heavy atom. The van der Waals surface area contributed by atoms with E-state index in [1.165, 1.54) is 11.3 Å². The molecule has 0 aliphatic rings. The molecular weight excluding hydrogens is 304 g/mol. The Hall–Kier alpha value is -1.51. The fraction of sp³-hybridized carbons (Fsp3) is 0.400. The fourth-order valence-corrected chi connectivity index (χ4v) is 2.77. The van der Waals surface area contributed by atoms with E-state index in [2.05, 4.69) is 71.7 Å². The van der Waals surface area contributed by atoms with Gasteiger partial charge in [-0.15, -0.1) is 11.6 Å². The molecule has 0 heterocycles. The molecule has 1 N–H and O–H groups in total. The van der Waals surface area contributed by atoms with Crippen LogP contribution < -0.4 is 5.32 Å². The molecule has 0 fully saturated rings. The first-order valence-corrected chi connectivity index (χ1v) is 8.91. The topological polar surface area (TPSA) is 15.3 Å². The van der Waals surface area contributed by atoms with Crippen molar-refractivity contribution in [1.29, 1.82) is 0 Å². The molecule has 124 valence electrons. The zero-order valence-electron chi connectivity index (χ0n) is 13.9. The molecule has 0 saturated carbocycles.